The number of nitrogens with one attached hydrogen (secondary N) is 2. The molecule has 1 unspecified atom stereocenters. The first-order valence-electron chi connectivity index (χ1n) is 5.91. The second-order valence-electron chi connectivity index (χ2n) is 4.01. The lowest BCUT2D eigenvalue weighted by molar-refractivity contribution is 0.282. The summed E-state index contributed by atoms with van der Waals surface area (Å²) in [4.78, 5) is 8.65. The molecule has 0 saturated carbocycles. The van der Waals surface area contributed by atoms with Crippen molar-refractivity contribution in [2.75, 3.05) is 17.3 Å². The van der Waals surface area contributed by atoms with Gasteiger partial charge in [-0.25, -0.2) is 15.8 Å². The van der Waals surface area contributed by atoms with Crippen molar-refractivity contribution >= 4 is 11.6 Å². The van der Waals surface area contributed by atoms with E-state index >= 15 is 0 Å². The number of nitrogens with two attached hydrogens (primary N) is 1. The first-order chi connectivity index (χ1) is 8.19. The van der Waals surface area contributed by atoms with E-state index in [4.69, 9.17) is 10.9 Å². The van der Waals surface area contributed by atoms with Gasteiger partial charge in [0.2, 0.25) is 0 Å². The molecule has 0 aromatic carbocycles. The van der Waals surface area contributed by atoms with E-state index in [1.807, 2.05) is 6.92 Å². The van der Waals surface area contributed by atoms with Gasteiger partial charge in [0.25, 0.3) is 0 Å². The van der Waals surface area contributed by atoms with E-state index in [9.17, 15) is 0 Å². The van der Waals surface area contributed by atoms with Crippen molar-refractivity contribution in [2.45, 2.75) is 39.2 Å². The zero-order chi connectivity index (χ0) is 12.7. The molecule has 0 bridgehead atoms. The molecule has 1 rings (SSSR count). The van der Waals surface area contributed by atoms with Crippen LogP contribution in [0.15, 0.2) is 6.07 Å². The van der Waals surface area contributed by atoms with Gasteiger partial charge in [0.1, 0.15) is 17.5 Å². The highest BCUT2D eigenvalue weighted by Crippen LogP contribution is 2.13. The molecular weight excluding hydrogens is 218 g/mol. The number of aliphatic hydroxyl groups is 1. The van der Waals surface area contributed by atoms with E-state index in [1.54, 1.807) is 6.07 Å². The van der Waals surface area contributed by atoms with Gasteiger partial charge in [-0.2, -0.15) is 0 Å². The first kappa shape index (κ1) is 13.7. The number of aryl methyl sites for hydroxylation is 1. The molecule has 0 aliphatic rings. The fourth-order valence-corrected chi connectivity index (χ4v) is 1.50. The maximum Gasteiger partial charge on any atom is 0.145 e. The molecule has 1 heterocycles. The maximum atomic E-state index is 8.85. The summed E-state index contributed by atoms with van der Waals surface area (Å²) >= 11 is 0. The molecule has 6 heteroatoms. The average molecular weight is 239 g/mol. The summed E-state index contributed by atoms with van der Waals surface area (Å²) in [6.45, 7) is 4.23. The molecule has 0 spiro atoms. The second kappa shape index (κ2) is 7.03. The van der Waals surface area contributed by atoms with Gasteiger partial charge in [-0.15, -0.1) is 0 Å². The summed E-state index contributed by atoms with van der Waals surface area (Å²) in [7, 11) is 0. The summed E-state index contributed by atoms with van der Waals surface area (Å²) in [6.07, 6.45) is 2.48. The van der Waals surface area contributed by atoms with Gasteiger partial charge < -0.3 is 15.8 Å². The van der Waals surface area contributed by atoms with Crippen LogP contribution in [0.5, 0.6) is 0 Å². The number of anilines is 2. The van der Waals surface area contributed by atoms with E-state index in [1.165, 1.54) is 0 Å². The Morgan fingerprint density at radius 3 is 2.71 bits per heavy atom. The third kappa shape index (κ3) is 4.54. The van der Waals surface area contributed by atoms with Crippen LogP contribution in [0.3, 0.4) is 0 Å². The lowest BCUT2D eigenvalue weighted by atomic mass is 10.2. The second-order valence-corrected chi connectivity index (χ2v) is 4.01. The van der Waals surface area contributed by atoms with Crippen LogP contribution in [0.1, 0.15) is 32.5 Å². The van der Waals surface area contributed by atoms with Gasteiger partial charge in [-0.05, 0) is 19.8 Å². The standard InChI is InChI=1S/C11H21N5O/c1-3-4-9-14-10(7-11(15-9)16-12)13-8(2)5-6-17/h7-8,17H,3-6,12H2,1-2H3,(H2,13,14,15,16). The summed E-state index contributed by atoms with van der Waals surface area (Å²) in [5.74, 6) is 7.46. The summed E-state index contributed by atoms with van der Waals surface area (Å²) < 4.78 is 0. The van der Waals surface area contributed by atoms with Crippen molar-refractivity contribution in [3.05, 3.63) is 11.9 Å². The van der Waals surface area contributed by atoms with E-state index in [2.05, 4.69) is 27.6 Å². The van der Waals surface area contributed by atoms with Crippen molar-refractivity contribution < 1.29 is 5.11 Å². The quantitative estimate of drug-likeness (QED) is 0.417. The van der Waals surface area contributed by atoms with Gasteiger partial charge in [0.05, 0.1) is 0 Å². The van der Waals surface area contributed by atoms with Gasteiger partial charge in [-0.3, -0.25) is 0 Å². The highest BCUT2D eigenvalue weighted by molar-refractivity contribution is 5.47. The first-order valence-corrected chi connectivity index (χ1v) is 5.91. The largest absolute Gasteiger partial charge is 0.396 e. The van der Waals surface area contributed by atoms with E-state index in [0.29, 0.717) is 12.2 Å². The molecule has 0 saturated heterocycles. The van der Waals surface area contributed by atoms with Crippen LogP contribution in [-0.4, -0.2) is 27.7 Å². The Kier molecular flexibility index (Phi) is 5.65. The number of hydrogen-bond acceptors (Lipinski definition) is 6. The number of hydrogen-bond donors (Lipinski definition) is 4. The molecule has 0 amide bonds. The van der Waals surface area contributed by atoms with Crippen LogP contribution < -0.4 is 16.6 Å². The molecule has 6 nitrogen and oxygen atoms in total. The highest BCUT2D eigenvalue weighted by Gasteiger charge is 2.06. The van der Waals surface area contributed by atoms with Crippen LogP contribution in [0.25, 0.3) is 0 Å². The van der Waals surface area contributed by atoms with Crippen LogP contribution in [0, 0.1) is 0 Å². The van der Waals surface area contributed by atoms with E-state index < -0.39 is 0 Å². The van der Waals surface area contributed by atoms with Crippen molar-refractivity contribution in [3.8, 4) is 0 Å². The SMILES string of the molecule is CCCc1nc(NN)cc(NC(C)CCO)n1. The Bertz CT molecular complexity index is 345. The number of aromatic nitrogens is 2. The zero-order valence-corrected chi connectivity index (χ0v) is 10.4. The maximum absolute atomic E-state index is 8.85. The molecule has 0 aliphatic carbocycles. The third-order valence-electron chi connectivity index (χ3n) is 2.35. The molecule has 0 aliphatic heterocycles. The lowest BCUT2D eigenvalue weighted by Crippen LogP contribution is -2.19. The Hall–Kier alpha value is -1.40. The van der Waals surface area contributed by atoms with E-state index in [-0.39, 0.29) is 12.6 Å². The predicted octanol–water partition coefficient (Wildman–Crippen LogP) is 0.897. The minimum absolute atomic E-state index is 0.156. The van der Waals surface area contributed by atoms with Gasteiger partial charge in [-0.1, -0.05) is 6.92 Å². The molecular formula is C11H21N5O. The molecule has 1 aromatic heterocycles. The van der Waals surface area contributed by atoms with Crippen LogP contribution >= 0.6 is 0 Å². The molecule has 5 N–H and O–H groups in total. The monoisotopic (exact) mass is 239 g/mol. The molecule has 1 aromatic rings. The summed E-state index contributed by atoms with van der Waals surface area (Å²) in [5.41, 5.74) is 2.53. The fourth-order valence-electron chi connectivity index (χ4n) is 1.50. The van der Waals surface area contributed by atoms with Crippen molar-refractivity contribution in [3.63, 3.8) is 0 Å². The molecule has 1 atom stereocenters. The summed E-state index contributed by atoms with van der Waals surface area (Å²) in [5, 5.41) is 12.1. The Morgan fingerprint density at radius 1 is 1.41 bits per heavy atom. The average Bonchev–Trinajstić information content (AvgIpc) is 2.29. The Labute approximate surface area is 102 Å². The number of hydrazine groups is 1. The molecule has 0 radical (unpaired) electrons. The van der Waals surface area contributed by atoms with Gasteiger partial charge in [0.15, 0.2) is 0 Å². The van der Waals surface area contributed by atoms with Crippen LogP contribution in [0.4, 0.5) is 11.6 Å². The van der Waals surface area contributed by atoms with Crippen molar-refractivity contribution in [1.29, 1.82) is 0 Å². The normalized spacial score (nSPS) is 12.2. The van der Waals surface area contributed by atoms with Gasteiger partial charge >= 0.3 is 0 Å². The topological polar surface area (TPSA) is 96.1 Å². The third-order valence-corrected chi connectivity index (χ3v) is 2.35. The van der Waals surface area contributed by atoms with Crippen LogP contribution in [-0.2, 0) is 6.42 Å². The molecule has 17 heavy (non-hydrogen) atoms. The lowest BCUT2D eigenvalue weighted by Gasteiger charge is -2.14. The zero-order valence-electron chi connectivity index (χ0n) is 10.4. The Morgan fingerprint density at radius 2 is 2.12 bits per heavy atom. The van der Waals surface area contributed by atoms with E-state index in [0.717, 1.165) is 24.5 Å². The summed E-state index contributed by atoms with van der Waals surface area (Å²) in [6, 6.07) is 1.92. The molecule has 96 valence electrons. The minimum atomic E-state index is 0.156. The molecule has 0 fully saturated rings. The predicted molar refractivity (Wildman–Crippen MR) is 68.6 cm³/mol. The Balaban J connectivity index is 2.79. The fraction of sp³-hybridized carbons (Fsp3) is 0.636. The van der Waals surface area contributed by atoms with Crippen molar-refractivity contribution in [2.24, 2.45) is 5.84 Å². The number of nitrogens with zero attached hydrogens (tertiary/aromatic N) is 2. The number of aliphatic hydroxyl groups excluding tert-OH is 1. The minimum Gasteiger partial charge on any atom is -0.396 e. The number of rotatable bonds is 7. The van der Waals surface area contributed by atoms with Gasteiger partial charge in [0, 0.05) is 25.1 Å². The van der Waals surface area contributed by atoms with Crippen molar-refractivity contribution in [1.82, 2.24) is 9.97 Å². The highest BCUT2D eigenvalue weighted by atomic mass is 16.3. The number of nitrogen functional groups attached to an aromatic ring is 1. The smallest absolute Gasteiger partial charge is 0.145 e. The van der Waals surface area contributed by atoms with Crippen LogP contribution in [0.2, 0.25) is 0 Å².